The van der Waals surface area contributed by atoms with Crippen molar-refractivity contribution in [2.75, 3.05) is 12.4 Å². The van der Waals surface area contributed by atoms with Crippen LogP contribution in [0.1, 0.15) is 40.0 Å². The minimum Gasteiger partial charge on any atom is -0.356 e. The van der Waals surface area contributed by atoms with Gasteiger partial charge in [-0.25, -0.2) is 0 Å². The molecule has 0 aliphatic heterocycles. The van der Waals surface area contributed by atoms with Crippen molar-refractivity contribution in [2.45, 2.75) is 40.0 Å². The normalized spacial score (nSPS) is 14.9. The van der Waals surface area contributed by atoms with Crippen LogP contribution in [0.3, 0.4) is 0 Å². The van der Waals surface area contributed by atoms with Crippen molar-refractivity contribution in [3.05, 3.63) is 0 Å². The van der Waals surface area contributed by atoms with Crippen LogP contribution < -0.4 is 5.32 Å². The van der Waals surface area contributed by atoms with Crippen LogP contribution in [0.15, 0.2) is 0 Å². The standard InChI is InChI=1S/C11H22ClNO/c1-4-5-10(3)11(14)13-8-9(2)6-7-12/h9-10H,4-8H2,1-3H3,(H,13,14). The Morgan fingerprint density at radius 1 is 1.36 bits per heavy atom. The molecule has 0 aromatic heterocycles. The lowest BCUT2D eigenvalue weighted by Crippen LogP contribution is -2.32. The predicted molar refractivity (Wildman–Crippen MR) is 61.6 cm³/mol. The van der Waals surface area contributed by atoms with Gasteiger partial charge in [-0.3, -0.25) is 4.79 Å². The highest BCUT2D eigenvalue weighted by Gasteiger charge is 2.11. The number of rotatable bonds is 7. The monoisotopic (exact) mass is 219 g/mol. The summed E-state index contributed by atoms with van der Waals surface area (Å²) in [6.45, 7) is 6.93. The van der Waals surface area contributed by atoms with Crippen LogP contribution in [0, 0.1) is 11.8 Å². The fourth-order valence-electron chi connectivity index (χ4n) is 1.30. The van der Waals surface area contributed by atoms with Gasteiger partial charge in [-0.05, 0) is 18.8 Å². The summed E-state index contributed by atoms with van der Waals surface area (Å²) in [5, 5.41) is 2.95. The van der Waals surface area contributed by atoms with E-state index < -0.39 is 0 Å². The smallest absolute Gasteiger partial charge is 0.222 e. The number of carbonyl (C=O) groups is 1. The first-order valence-electron chi connectivity index (χ1n) is 5.45. The molecule has 0 saturated heterocycles. The van der Waals surface area contributed by atoms with Gasteiger partial charge < -0.3 is 5.32 Å². The van der Waals surface area contributed by atoms with Crippen molar-refractivity contribution in [1.82, 2.24) is 5.32 Å². The summed E-state index contributed by atoms with van der Waals surface area (Å²) < 4.78 is 0. The van der Waals surface area contributed by atoms with Crippen LogP contribution in [0.25, 0.3) is 0 Å². The molecule has 0 aromatic rings. The molecule has 0 heterocycles. The van der Waals surface area contributed by atoms with Crippen LogP contribution in [0.5, 0.6) is 0 Å². The first kappa shape index (κ1) is 13.8. The van der Waals surface area contributed by atoms with Gasteiger partial charge in [0.25, 0.3) is 0 Å². The van der Waals surface area contributed by atoms with E-state index in [4.69, 9.17) is 11.6 Å². The summed E-state index contributed by atoms with van der Waals surface area (Å²) >= 11 is 5.61. The predicted octanol–water partition coefficient (Wildman–Crippen LogP) is 2.80. The maximum atomic E-state index is 11.5. The Morgan fingerprint density at radius 2 is 2.00 bits per heavy atom. The second-order valence-corrected chi connectivity index (χ2v) is 4.40. The Kier molecular flexibility index (Phi) is 7.96. The van der Waals surface area contributed by atoms with Crippen molar-refractivity contribution in [3.63, 3.8) is 0 Å². The molecule has 14 heavy (non-hydrogen) atoms. The minimum absolute atomic E-state index is 0.142. The number of carbonyl (C=O) groups excluding carboxylic acids is 1. The van der Waals surface area contributed by atoms with Gasteiger partial charge in [0.2, 0.25) is 5.91 Å². The second-order valence-electron chi connectivity index (χ2n) is 4.02. The van der Waals surface area contributed by atoms with Crippen LogP contribution >= 0.6 is 11.6 Å². The molecule has 0 aliphatic carbocycles. The van der Waals surface area contributed by atoms with Crippen molar-refractivity contribution in [2.24, 2.45) is 11.8 Å². The maximum absolute atomic E-state index is 11.5. The summed E-state index contributed by atoms with van der Waals surface area (Å²) in [6.07, 6.45) is 2.99. The number of hydrogen-bond acceptors (Lipinski definition) is 1. The molecule has 0 fully saturated rings. The lowest BCUT2D eigenvalue weighted by molar-refractivity contribution is -0.124. The quantitative estimate of drug-likeness (QED) is 0.656. The summed E-state index contributed by atoms with van der Waals surface area (Å²) in [4.78, 5) is 11.5. The topological polar surface area (TPSA) is 29.1 Å². The van der Waals surface area contributed by atoms with Crippen LogP contribution in [0.4, 0.5) is 0 Å². The molecule has 0 saturated carbocycles. The average molecular weight is 220 g/mol. The van der Waals surface area contributed by atoms with Gasteiger partial charge in [0.05, 0.1) is 0 Å². The van der Waals surface area contributed by atoms with Gasteiger partial charge in [-0.15, -0.1) is 11.6 Å². The van der Waals surface area contributed by atoms with E-state index in [-0.39, 0.29) is 11.8 Å². The largest absolute Gasteiger partial charge is 0.356 e. The van der Waals surface area contributed by atoms with E-state index in [0.29, 0.717) is 11.8 Å². The SMILES string of the molecule is CCCC(C)C(=O)NCC(C)CCCl. The molecule has 0 radical (unpaired) electrons. The van der Waals surface area contributed by atoms with Gasteiger partial charge >= 0.3 is 0 Å². The average Bonchev–Trinajstić information content (AvgIpc) is 2.15. The van der Waals surface area contributed by atoms with Crippen LogP contribution in [-0.4, -0.2) is 18.3 Å². The molecule has 0 aliphatic rings. The summed E-state index contributed by atoms with van der Waals surface area (Å²) in [5.74, 6) is 1.46. The lowest BCUT2D eigenvalue weighted by Gasteiger charge is -2.14. The first-order valence-corrected chi connectivity index (χ1v) is 5.98. The molecule has 1 amide bonds. The third-order valence-electron chi connectivity index (χ3n) is 2.40. The van der Waals surface area contributed by atoms with Crippen molar-refractivity contribution in [1.29, 1.82) is 0 Å². The first-order chi connectivity index (χ1) is 6.61. The number of halogens is 1. The number of hydrogen-bond donors (Lipinski definition) is 1. The van der Waals surface area contributed by atoms with Gasteiger partial charge in [0, 0.05) is 18.3 Å². The molecule has 0 spiro atoms. The third-order valence-corrected chi connectivity index (χ3v) is 2.61. The Morgan fingerprint density at radius 3 is 2.50 bits per heavy atom. The molecule has 1 N–H and O–H groups in total. The number of nitrogens with one attached hydrogen (secondary N) is 1. The van der Waals surface area contributed by atoms with E-state index in [0.717, 1.165) is 25.8 Å². The number of amides is 1. The van der Waals surface area contributed by atoms with Crippen molar-refractivity contribution < 1.29 is 4.79 Å². The van der Waals surface area contributed by atoms with Crippen molar-refractivity contribution in [3.8, 4) is 0 Å². The molecule has 3 heteroatoms. The molecule has 2 nitrogen and oxygen atoms in total. The Labute approximate surface area is 92.4 Å². The molecule has 0 rings (SSSR count). The minimum atomic E-state index is 0.142. The highest BCUT2D eigenvalue weighted by atomic mass is 35.5. The van der Waals surface area contributed by atoms with E-state index in [9.17, 15) is 4.79 Å². The van der Waals surface area contributed by atoms with Gasteiger partial charge in [0.15, 0.2) is 0 Å². The molecular formula is C11H22ClNO. The zero-order valence-corrected chi connectivity index (χ0v) is 10.2. The van der Waals surface area contributed by atoms with E-state index >= 15 is 0 Å². The van der Waals surface area contributed by atoms with Crippen LogP contribution in [0.2, 0.25) is 0 Å². The van der Waals surface area contributed by atoms with E-state index in [1.807, 2.05) is 6.92 Å². The van der Waals surface area contributed by atoms with Gasteiger partial charge in [-0.2, -0.15) is 0 Å². The molecule has 0 bridgehead atoms. The second kappa shape index (κ2) is 8.10. The summed E-state index contributed by atoms with van der Waals surface area (Å²) in [5.41, 5.74) is 0. The Balaban J connectivity index is 3.61. The highest BCUT2D eigenvalue weighted by Crippen LogP contribution is 2.06. The zero-order valence-electron chi connectivity index (χ0n) is 9.48. The molecule has 84 valence electrons. The molecular weight excluding hydrogens is 198 g/mol. The zero-order chi connectivity index (χ0) is 11.0. The third kappa shape index (κ3) is 6.25. The fourth-order valence-corrected chi connectivity index (χ4v) is 1.67. The lowest BCUT2D eigenvalue weighted by atomic mass is 10.0. The Bertz CT molecular complexity index is 161. The Hall–Kier alpha value is -0.240. The van der Waals surface area contributed by atoms with Gasteiger partial charge in [-0.1, -0.05) is 27.2 Å². The van der Waals surface area contributed by atoms with Crippen LogP contribution in [-0.2, 0) is 4.79 Å². The van der Waals surface area contributed by atoms with Crippen molar-refractivity contribution >= 4 is 17.5 Å². The maximum Gasteiger partial charge on any atom is 0.222 e. The highest BCUT2D eigenvalue weighted by molar-refractivity contribution is 6.17. The summed E-state index contributed by atoms with van der Waals surface area (Å²) in [6, 6.07) is 0. The molecule has 2 atom stereocenters. The van der Waals surface area contributed by atoms with E-state index in [2.05, 4.69) is 19.2 Å². The molecule has 0 aromatic carbocycles. The summed E-state index contributed by atoms with van der Waals surface area (Å²) in [7, 11) is 0. The number of alkyl halides is 1. The van der Waals surface area contributed by atoms with Gasteiger partial charge in [0.1, 0.15) is 0 Å². The van der Waals surface area contributed by atoms with E-state index in [1.54, 1.807) is 0 Å². The molecule has 2 unspecified atom stereocenters. The fraction of sp³-hybridized carbons (Fsp3) is 0.909. The van der Waals surface area contributed by atoms with E-state index in [1.165, 1.54) is 0 Å².